The van der Waals surface area contributed by atoms with Crippen LogP contribution >= 0.6 is 11.3 Å². The maximum Gasteiger partial charge on any atom is 0.279 e. The summed E-state index contributed by atoms with van der Waals surface area (Å²) in [7, 11) is 0. The lowest BCUT2D eigenvalue weighted by Gasteiger charge is -2.18. The second kappa shape index (κ2) is 7.56. The Kier molecular flexibility index (Phi) is 4.99. The third-order valence-electron chi connectivity index (χ3n) is 4.59. The summed E-state index contributed by atoms with van der Waals surface area (Å²) in [6.45, 7) is 6.13. The van der Waals surface area contributed by atoms with Crippen molar-refractivity contribution >= 4 is 27.5 Å². The largest absolute Gasteiger partial charge is 0.486 e. The van der Waals surface area contributed by atoms with E-state index >= 15 is 0 Å². The maximum atomic E-state index is 12.8. The van der Waals surface area contributed by atoms with E-state index in [0.29, 0.717) is 30.3 Å². The Hall–Kier alpha value is -2.60. The van der Waals surface area contributed by atoms with E-state index in [0.717, 1.165) is 34.4 Å². The summed E-state index contributed by atoms with van der Waals surface area (Å²) in [5.41, 5.74) is 2.93. The molecule has 0 radical (unpaired) electrons. The third kappa shape index (κ3) is 3.49. The minimum Gasteiger partial charge on any atom is -0.486 e. The molecule has 0 unspecified atom stereocenters. The van der Waals surface area contributed by atoms with Crippen LogP contribution in [0.15, 0.2) is 41.4 Å². The minimum absolute atomic E-state index is 0.265. The second-order valence-corrected chi connectivity index (χ2v) is 7.48. The number of carbonyl (C=O) groups excluding carboxylic acids is 1. The van der Waals surface area contributed by atoms with E-state index in [1.165, 1.54) is 5.56 Å². The molecule has 0 N–H and O–H groups in total. The van der Waals surface area contributed by atoms with Crippen LogP contribution in [0.3, 0.4) is 0 Å². The summed E-state index contributed by atoms with van der Waals surface area (Å²) in [6, 6.07) is 11.7. The Morgan fingerprint density at radius 3 is 2.70 bits per heavy atom. The molecule has 0 saturated carbocycles. The predicted octanol–water partition coefficient (Wildman–Crippen LogP) is 4.19. The number of aryl methyl sites for hydroxylation is 2. The molecule has 5 nitrogen and oxygen atoms in total. The molecule has 1 aromatic heterocycles. The second-order valence-electron chi connectivity index (χ2n) is 6.47. The van der Waals surface area contributed by atoms with E-state index in [2.05, 4.69) is 41.6 Å². The molecule has 0 aliphatic carbocycles. The lowest BCUT2D eigenvalue weighted by Crippen LogP contribution is -2.17. The first kappa shape index (κ1) is 17.8. The van der Waals surface area contributed by atoms with Crippen LogP contribution in [0.5, 0.6) is 11.5 Å². The Bertz CT molecular complexity index is 1060. The van der Waals surface area contributed by atoms with Crippen molar-refractivity contribution in [2.45, 2.75) is 33.2 Å². The highest BCUT2D eigenvalue weighted by Crippen LogP contribution is 2.31. The van der Waals surface area contributed by atoms with Gasteiger partial charge in [-0.25, -0.2) is 0 Å². The highest BCUT2D eigenvalue weighted by molar-refractivity contribution is 7.16. The SMILES string of the molecule is CCCn1c(=NC(=O)c2ccc3c(c2)OCCO3)sc2cc(CC)ccc21. The fourth-order valence-electron chi connectivity index (χ4n) is 3.19. The molecule has 0 bridgehead atoms. The molecule has 1 aliphatic rings. The molecule has 6 heteroatoms. The molecule has 140 valence electrons. The zero-order valence-electron chi connectivity index (χ0n) is 15.5. The summed E-state index contributed by atoms with van der Waals surface area (Å²) in [5.74, 6) is 1.01. The van der Waals surface area contributed by atoms with Crippen molar-refractivity contribution in [3.05, 3.63) is 52.3 Å². The molecular formula is C21H22N2O3S. The Balaban J connectivity index is 1.77. The van der Waals surface area contributed by atoms with Crippen LogP contribution in [-0.2, 0) is 13.0 Å². The predicted molar refractivity (Wildman–Crippen MR) is 107 cm³/mol. The van der Waals surface area contributed by atoms with E-state index in [-0.39, 0.29) is 5.91 Å². The minimum atomic E-state index is -0.265. The van der Waals surface area contributed by atoms with Crippen LogP contribution < -0.4 is 14.3 Å². The van der Waals surface area contributed by atoms with Crippen LogP contribution in [0, 0.1) is 0 Å². The average molecular weight is 382 g/mol. The van der Waals surface area contributed by atoms with Crippen LogP contribution in [0.2, 0.25) is 0 Å². The van der Waals surface area contributed by atoms with Gasteiger partial charge in [-0.05, 0) is 48.7 Å². The van der Waals surface area contributed by atoms with Gasteiger partial charge in [0, 0.05) is 12.1 Å². The Morgan fingerprint density at radius 1 is 1.11 bits per heavy atom. The van der Waals surface area contributed by atoms with Gasteiger partial charge in [0.25, 0.3) is 5.91 Å². The quantitative estimate of drug-likeness (QED) is 0.680. The van der Waals surface area contributed by atoms with E-state index in [1.807, 2.05) is 0 Å². The van der Waals surface area contributed by atoms with Gasteiger partial charge in [0.1, 0.15) is 13.2 Å². The van der Waals surface area contributed by atoms with Gasteiger partial charge in [0.2, 0.25) is 0 Å². The molecule has 27 heavy (non-hydrogen) atoms. The molecule has 0 spiro atoms. The monoisotopic (exact) mass is 382 g/mol. The number of thiazole rings is 1. The molecule has 2 aromatic carbocycles. The fourth-order valence-corrected chi connectivity index (χ4v) is 4.31. The molecule has 0 fully saturated rings. The van der Waals surface area contributed by atoms with Crippen molar-refractivity contribution in [3.8, 4) is 11.5 Å². The summed E-state index contributed by atoms with van der Waals surface area (Å²) in [5, 5.41) is 0. The number of nitrogens with zero attached hydrogens (tertiary/aromatic N) is 2. The summed E-state index contributed by atoms with van der Waals surface area (Å²) >= 11 is 1.56. The van der Waals surface area contributed by atoms with Gasteiger partial charge in [0.15, 0.2) is 16.3 Å². The molecule has 4 rings (SSSR count). The van der Waals surface area contributed by atoms with E-state index in [1.54, 1.807) is 29.5 Å². The standard InChI is InChI=1S/C21H22N2O3S/c1-3-9-23-16-7-5-14(4-2)12-19(16)27-21(23)22-20(24)15-6-8-17-18(13-15)26-11-10-25-17/h5-8,12-13H,3-4,9-11H2,1-2H3. The molecule has 1 amide bonds. The highest BCUT2D eigenvalue weighted by Gasteiger charge is 2.15. The number of amides is 1. The first-order valence-corrected chi connectivity index (χ1v) is 10.1. The number of hydrogen-bond donors (Lipinski definition) is 0. The van der Waals surface area contributed by atoms with Gasteiger partial charge in [-0.15, -0.1) is 0 Å². The molecule has 0 atom stereocenters. The number of benzene rings is 2. The molecule has 3 aromatic rings. The number of hydrogen-bond acceptors (Lipinski definition) is 4. The smallest absolute Gasteiger partial charge is 0.279 e. The summed E-state index contributed by atoms with van der Waals surface area (Å²) in [6.07, 6.45) is 1.97. The summed E-state index contributed by atoms with van der Waals surface area (Å²) < 4.78 is 14.4. The van der Waals surface area contributed by atoms with Crippen molar-refractivity contribution in [2.75, 3.05) is 13.2 Å². The molecule has 0 saturated heterocycles. The highest BCUT2D eigenvalue weighted by atomic mass is 32.1. The maximum absolute atomic E-state index is 12.8. The van der Waals surface area contributed by atoms with Crippen LogP contribution in [-0.4, -0.2) is 23.7 Å². The first-order chi connectivity index (χ1) is 13.2. The Morgan fingerprint density at radius 2 is 1.93 bits per heavy atom. The van der Waals surface area contributed by atoms with Crippen LogP contribution in [0.4, 0.5) is 0 Å². The normalized spacial score (nSPS) is 13.9. The number of carbonyl (C=O) groups is 1. The van der Waals surface area contributed by atoms with Crippen LogP contribution in [0.25, 0.3) is 10.2 Å². The van der Waals surface area contributed by atoms with Crippen molar-refractivity contribution in [2.24, 2.45) is 4.99 Å². The fraction of sp³-hybridized carbons (Fsp3) is 0.333. The molecular weight excluding hydrogens is 360 g/mol. The van der Waals surface area contributed by atoms with E-state index < -0.39 is 0 Å². The van der Waals surface area contributed by atoms with Gasteiger partial charge in [-0.2, -0.15) is 4.99 Å². The number of aromatic nitrogens is 1. The van der Waals surface area contributed by atoms with Gasteiger partial charge in [0.05, 0.1) is 10.2 Å². The number of rotatable bonds is 4. The van der Waals surface area contributed by atoms with Gasteiger partial charge < -0.3 is 14.0 Å². The molecule has 2 heterocycles. The van der Waals surface area contributed by atoms with Crippen molar-refractivity contribution in [1.82, 2.24) is 4.57 Å². The van der Waals surface area contributed by atoms with Crippen molar-refractivity contribution < 1.29 is 14.3 Å². The van der Waals surface area contributed by atoms with E-state index in [4.69, 9.17) is 9.47 Å². The zero-order chi connectivity index (χ0) is 18.8. The summed E-state index contributed by atoms with van der Waals surface area (Å²) in [4.78, 5) is 18.0. The molecule has 1 aliphatic heterocycles. The Labute approximate surface area is 161 Å². The lowest BCUT2D eigenvalue weighted by molar-refractivity contribution is 0.0996. The number of ether oxygens (including phenoxy) is 2. The average Bonchev–Trinajstić information content (AvgIpc) is 3.04. The van der Waals surface area contributed by atoms with Gasteiger partial charge in [-0.1, -0.05) is 31.3 Å². The van der Waals surface area contributed by atoms with Crippen molar-refractivity contribution in [1.29, 1.82) is 0 Å². The van der Waals surface area contributed by atoms with Crippen LogP contribution in [0.1, 0.15) is 36.2 Å². The van der Waals surface area contributed by atoms with E-state index in [9.17, 15) is 4.79 Å². The zero-order valence-corrected chi connectivity index (χ0v) is 16.3. The number of fused-ring (bicyclic) bond motifs is 2. The van der Waals surface area contributed by atoms with Gasteiger partial charge in [-0.3, -0.25) is 4.79 Å². The topological polar surface area (TPSA) is 52.8 Å². The van der Waals surface area contributed by atoms with Crippen molar-refractivity contribution in [3.63, 3.8) is 0 Å². The first-order valence-electron chi connectivity index (χ1n) is 9.30. The lowest BCUT2D eigenvalue weighted by atomic mass is 10.2. The third-order valence-corrected chi connectivity index (χ3v) is 5.63. The van der Waals surface area contributed by atoms with Gasteiger partial charge >= 0.3 is 0 Å².